The molecule has 0 heterocycles. The van der Waals surface area contributed by atoms with Crippen molar-refractivity contribution in [2.24, 2.45) is 5.92 Å². The van der Waals surface area contributed by atoms with Gasteiger partial charge in [0.05, 0.1) is 5.75 Å². The van der Waals surface area contributed by atoms with Crippen LogP contribution in [-0.2, 0) is 9.84 Å². The molecule has 0 aromatic heterocycles. The number of sulfone groups is 1. The highest BCUT2D eigenvalue weighted by atomic mass is 79.9. The maximum Gasteiger partial charge on any atom is 0.178 e. The molecular weight excluding hydrogens is 316 g/mol. The Morgan fingerprint density at radius 1 is 1.28 bits per heavy atom. The highest BCUT2D eigenvalue weighted by Crippen LogP contribution is 2.17. The van der Waals surface area contributed by atoms with Gasteiger partial charge in [-0.25, -0.2) is 8.42 Å². The second kappa shape index (κ2) is 6.48. The van der Waals surface area contributed by atoms with Crippen LogP contribution in [0.25, 0.3) is 0 Å². The molecule has 0 spiro atoms. The van der Waals surface area contributed by atoms with E-state index in [1.165, 1.54) is 0 Å². The van der Waals surface area contributed by atoms with Crippen molar-refractivity contribution in [3.05, 3.63) is 34.3 Å². The molecule has 0 amide bonds. The lowest BCUT2D eigenvalue weighted by molar-refractivity contribution is 0.102. The van der Waals surface area contributed by atoms with Crippen molar-refractivity contribution in [1.82, 2.24) is 0 Å². The van der Waals surface area contributed by atoms with E-state index in [-0.39, 0.29) is 11.5 Å². The summed E-state index contributed by atoms with van der Waals surface area (Å²) in [6.07, 6.45) is 0.589. The van der Waals surface area contributed by atoms with E-state index in [9.17, 15) is 13.2 Å². The number of ketones is 1. The smallest absolute Gasteiger partial charge is 0.178 e. The van der Waals surface area contributed by atoms with Crippen molar-refractivity contribution in [3.63, 3.8) is 0 Å². The van der Waals surface area contributed by atoms with E-state index in [0.29, 0.717) is 22.4 Å². The fourth-order valence-corrected chi connectivity index (χ4v) is 3.49. The van der Waals surface area contributed by atoms with Crippen LogP contribution >= 0.6 is 15.9 Å². The number of halogens is 1. The Labute approximate surface area is 117 Å². The number of carbonyl (C=O) groups is 1. The first-order valence-electron chi connectivity index (χ1n) is 5.80. The van der Waals surface area contributed by atoms with Crippen molar-refractivity contribution >= 4 is 31.6 Å². The first-order valence-corrected chi connectivity index (χ1v) is 8.41. The summed E-state index contributed by atoms with van der Waals surface area (Å²) in [5.41, 5.74) is 0.422. The number of rotatable bonds is 6. The molecule has 0 N–H and O–H groups in total. The van der Waals surface area contributed by atoms with Gasteiger partial charge in [0.2, 0.25) is 0 Å². The van der Waals surface area contributed by atoms with E-state index in [2.05, 4.69) is 15.9 Å². The van der Waals surface area contributed by atoms with Gasteiger partial charge in [-0.3, -0.25) is 4.79 Å². The molecule has 0 aliphatic heterocycles. The summed E-state index contributed by atoms with van der Waals surface area (Å²) in [5, 5.41) is 0. The van der Waals surface area contributed by atoms with Crippen molar-refractivity contribution in [1.29, 1.82) is 0 Å². The monoisotopic (exact) mass is 332 g/mol. The van der Waals surface area contributed by atoms with Crippen molar-refractivity contribution in [2.75, 3.05) is 11.5 Å². The van der Waals surface area contributed by atoms with E-state index in [4.69, 9.17) is 0 Å². The zero-order valence-electron chi connectivity index (χ0n) is 10.5. The molecule has 1 rings (SSSR count). The summed E-state index contributed by atoms with van der Waals surface area (Å²) < 4.78 is 24.2. The van der Waals surface area contributed by atoms with Crippen molar-refractivity contribution in [3.8, 4) is 0 Å². The quantitative estimate of drug-likeness (QED) is 0.752. The van der Waals surface area contributed by atoms with Gasteiger partial charge in [-0.15, -0.1) is 0 Å². The number of Topliss-reactive ketones (excluding diaryl/α,β-unsaturated/α-hetero) is 1. The molecule has 3 nitrogen and oxygen atoms in total. The van der Waals surface area contributed by atoms with Gasteiger partial charge in [-0.1, -0.05) is 48.0 Å². The van der Waals surface area contributed by atoms with Crippen LogP contribution in [0.1, 0.15) is 30.6 Å². The first kappa shape index (κ1) is 15.4. The molecule has 0 aliphatic rings. The topological polar surface area (TPSA) is 51.2 Å². The maximum absolute atomic E-state index is 11.9. The highest BCUT2D eigenvalue weighted by Gasteiger charge is 2.19. The summed E-state index contributed by atoms with van der Waals surface area (Å²) >= 11 is 3.25. The average Bonchev–Trinajstić information content (AvgIpc) is 2.26. The number of benzene rings is 1. The summed E-state index contributed by atoms with van der Waals surface area (Å²) in [6, 6.07) is 6.87. The molecule has 18 heavy (non-hydrogen) atoms. The molecule has 0 saturated heterocycles. The molecule has 0 unspecified atom stereocenters. The number of hydrogen-bond acceptors (Lipinski definition) is 3. The van der Waals surface area contributed by atoms with E-state index < -0.39 is 15.6 Å². The third-order valence-electron chi connectivity index (χ3n) is 2.53. The summed E-state index contributed by atoms with van der Waals surface area (Å²) in [7, 11) is -3.31. The minimum atomic E-state index is -3.31. The van der Waals surface area contributed by atoms with Gasteiger partial charge in [-0.2, -0.15) is 0 Å². The van der Waals surface area contributed by atoms with Gasteiger partial charge in [0.15, 0.2) is 15.6 Å². The molecule has 5 heteroatoms. The summed E-state index contributed by atoms with van der Waals surface area (Å²) in [5.74, 6) is -0.381. The Hall–Kier alpha value is -0.680. The molecule has 100 valence electrons. The summed E-state index contributed by atoms with van der Waals surface area (Å²) in [4.78, 5) is 11.9. The van der Waals surface area contributed by atoms with Crippen LogP contribution in [0, 0.1) is 5.92 Å². The molecule has 0 fully saturated rings. The van der Waals surface area contributed by atoms with Crippen LogP contribution in [0.2, 0.25) is 0 Å². The van der Waals surface area contributed by atoms with Crippen LogP contribution in [0.3, 0.4) is 0 Å². The molecular formula is C13H17BrO3S. The Balaban J connectivity index is 2.73. The zero-order chi connectivity index (χ0) is 13.8. The highest BCUT2D eigenvalue weighted by molar-refractivity contribution is 9.10. The standard InChI is InChI=1S/C13H17BrO3S/c1-10(2)7-8-18(16,17)9-13(15)11-5-3-4-6-12(11)14/h3-6,10H,7-9H2,1-2H3. The lowest BCUT2D eigenvalue weighted by Gasteiger charge is -2.07. The molecule has 0 radical (unpaired) electrons. The molecule has 1 aromatic rings. The van der Waals surface area contributed by atoms with Crippen molar-refractivity contribution in [2.45, 2.75) is 20.3 Å². The van der Waals surface area contributed by atoms with Gasteiger partial charge in [0.1, 0.15) is 5.75 Å². The van der Waals surface area contributed by atoms with Crippen molar-refractivity contribution < 1.29 is 13.2 Å². The Morgan fingerprint density at radius 2 is 1.89 bits per heavy atom. The zero-order valence-corrected chi connectivity index (χ0v) is 12.9. The molecule has 0 atom stereocenters. The molecule has 0 bridgehead atoms. The number of carbonyl (C=O) groups excluding carboxylic acids is 1. The van der Waals surface area contributed by atoms with E-state index in [1.54, 1.807) is 24.3 Å². The molecule has 0 aliphatic carbocycles. The minimum Gasteiger partial charge on any atom is -0.293 e. The third kappa shape index (κ3) is 4.90. The van der Waals surface area contributed by atoms with E-state index >= 15 is 0 Å². The molecule has 0 saturated carbocycles. The predicted molar refractivity (Wildman–Crippen MR) is 76.6 cm³/mol. The second-order valence-electron chi connectivity index (χ2n) is 4.68. The summed E-state index contributed by atoms with van der Waals surface area (Å²) in [6.45, 7) is 3.93. The first-order chi connectivity index (χ1) is 8.32. The number of hydrogen-bond donors (Lipinski definition) is 0. The maximum atomic E-state index is 11.9. The SMILES string of the molecule is CC(C)CCS(=O)(=O)CC(=O)c1ccccc1Br. The minimum absolute atomic E-state index is 0.0703. The lowest BCUT2D eigenvalue weighted by Crippen LogP contribution is -2.20. The van der Waals surface area contributed by atoms with Crippen LogP contribution in [0.4, 0.5) is 0 Å². The van der Waals surface area contributed by atoms with Crippen LogP contribution < -0.4 is 0 Å². The van der Waals surface area contributed by atoms with Crippen LogP contribution in [0.5, 0.6) is 0 Å². The fourth-order valence-electron chi connectivity index (χ4n) is 1.45. The molecule has 1 aromatic carbocycles. The van der Waals surface area contributed by atoms with Gasteiger partial charge in [0, 0.05) is 10.0 Å². The van der Waals surface area contributed by atoms with Crippen LogP contribution in [0.15, 0.2) is 28.7 Å². The second-order valence-corrected chi connectivity index (χ2v) is 7.72. The Kier molecular flexibility index (Phi) is 5.53. The predicted octanol–water partition coefficient (Wildman–Crippen LogP) is 3.09. The van der Waals surface area contributed by atoms with Gasteiger partial charge in [0.25, 0.3) is 0 Å². The van der Waals surface area contributed by atoms with Gasteiger partial charge in [-0.05, 0) is 18.4 Å². The largest absolute Gasteiger partial charge is 0.293 e. The fraction of sp³-hybridized carbons (Fsp3) is 0.462. The Bertz CT molecular complexity index is 521. The third-order valence-corrected chi connectivity index (χ3v) is 4.78. The van der Waals surface area contributed by atoms with E-state index in [1.807, 2.05) is 13.8 Å². The normalized spacial score (nSPS) is 11.8. The van der Waals surface area contributed by atoms with Crippen LogP contribution in [-0.4, -0.2) is 25.7 Å². The van der Waals surface area contributed by atoms with Gasteiger partial charge >= 0.3 is 0 Å². The Morgan fingerprint density at radius 3 is 2.44 bits per heavy atom. The average molecular weight is 333 g/mol. The van der Waals surface area contributed by atoms with Gasteiger partial charge < -0.3 is 0 Å². The lowest BCUT2D eigenvalue weighted by atomic mass is 10.1. The van der Waals surface area contributed by atoms with E-state index in [0.717, 1.165) is 0 Å².